The van der Waals surface area contributed by atoms with Crippen molar-refractivity contribution in [2.45, 2.75) is 26.2 Å². The fourth-order valence-corrected chi connectivity index (χ4v) is 2.85. The summed E-state index contributed by atoms with van der Waals surface area (Å²) in [6.45, 7) is 4.26. The van der Waals surface area contributed by atoms with E-state index in [1.165, 1.54) is 0 Å². The van der Waals surface area contributed by atoms with Gasteiger partial charge in [-0.3, -0.25) is 9.59 Å². The molecule has 1 aromatic carbocycles. The van der Waals surface area contributed by atoms with Crippen molar-refractivity contribution in [3.63, 3.8) is 0 Å². The molecular formula is C19H25N3O4. The third-order valence-electron chi connectivity index (χ3n) is 4.29. The predicted octanol–water partition coefficient (Wildman–Crippen LogP) is 1.73. The molecule has 7 heteroatoms. The zero-order chi connectivity index (χ0) is 18.8. The third-order valence-corrected chi connectivity index (χ3v) is 4.29. The summed E-state index contributed by atoms with van der Waals surface area (Å²) in [5, 5.41) is 11.2. The largest absolute Gasteiger partial charge is 0.490 e. The summed E-state index contributed by atoms with van der Waals surface area (Å²) in [4.78, 5) is 25.5. The maximum absolute atomic E-state index is 12.4. The molecule has 1 heterocycles. The molecule has 140 valence electrons. The van der Waals surface area contributed by atoms with Crippen molar-refractivity contribution in [3.8, 4) is 17.6 Å². The van der Waals surface area contributed by atoms with Crippen molar-refractivity contribution >= 4 is 11.8 Å². The first-order chi connectivity index (χ1) is 12.6. The number of piperidine rings is 1. The fraction of sp³-hybridized carbons (Fsp3) is 0.526. The Morgan fingerprint density at radius 3 is 2.50 bits per heavy atom. The first-order valence-electron chi connectivity index (χ1n) is 8.90. The van der Waals surface area contributed by atoms with Gasteiger partial charge in [-0.05, 0) is 37.8 Å². The van der Waals surface area contributed by atoms with Gasteiger partial charge in [-0.25, -0.2) is 0 Å². The van der Waals surface area contributed by atoms with Crippen LogP contribution in [0.4, 0.5) is 0 Å². The van der Waals surface area contributed by atoms with Crippen molar-refractivity contribution in [3.05, 3.63) is 24.3 Å². The number of ether oxygens (including phenoxy) is 2. The van der Waals surface area contributed by atoms with E-state index in [9.17, 15) is 9.59 Å². The van der Waals surface area contributed by atoms with Crippen molar-refractivity contribution in [1.29, 1.82) is 5.26 Å². The molecule has 0 bridgehead atoms. The predicted molar refractivity (Wildman–Crippen MR) is 95.6 cm³/mol. The van der Waals surface area contributed by atoms with Gasteiger partial charge in [0.25, 0.3) is 5.91 Å². The van der Waals surface area contributed by atoms with Crippen LogP contribution in [-0.4, -0.2) is 49.6 Å². The van der Waals surface area contributed by atoms with Crippen LogP contribution in [0.25, 0.3) is 0 Å². The van der Waals surface area contributed by atoms with Crippen LogP contribution in [0.1, 0.15) is 26.2 Å². The van der Waals surface area contributed by atoms with Crippen LogP contribution in [0.15, 0.2) is 24.3 Å². The highest BCUT2D eigenvalue weighted by Gasteiger charge is 2.23. The number of likely N-dealkylation sites (tertiary alicyclic amines) is 1. The van der Waals surface area contributed by atoms with Crippen LogP contribution in [0, 0.1) is 17.2 Å². The first-order valence-corrected chi connectivity index (χ1v) is 8.90. The summed E-state index contributed by atoms with van der Waals surface area (Å²) in [7, 11) is 0. The molecule has 7 nitrogen and oxygen atoms in total. The zero-order valence-corrected chi connectivity index (χ0v) is 15.1. The number of benzene rings is 1. The van der Waals surface area contributed by atoms with E-state index in [2.05, 4.69) is 5.32 Å². The summed E-state index contributed by atoms with van der Waals surface area (Å²) < 4.78 is 11.1. The number of hydrogen-bond acceptors (Lipinski definition) is 5. The molecule has 0 saturated carbocycles. The number of amides is 2. The van der Waals surface area contributed by atoms with Crippen LogP contribution >= 0.6 is 0 Å². The van der Waals surface area contributed by atoms with Gasteiger partial charge in [0.1, 0.15) is 6.42 Å². The highest BCUT2D eigenvalue weighted by molar-refractivity contribution is 5.78. The van der Waals surface area contributed by atoms with Gasteiger partial charge in [-0.2, -0.15) is 5.26 Å². The van der Waals surface area contributed by atoms with Crippen molar-refractivity contribution in [1.82, 2.24) is 10.2 Å². The number of nitrogens with zero attached hydrogens (tertiary/aromatic N) is 2. The second-order valence-corrected chi connectivity index (χ2v) is 6.13. The summed E-state index contributed by atoms with van der Waals surface area (Å²) in [5.74, 6) is 1.24. The standard InChI is InChI=1S/C19H25N3O4/c1-2-25-16-5-3-4-6-17(16)26-14-19(24)22-11-8-15(9-12-22)13-21-18(23)7-10-20/h3-6,15H,2,7-9,11-14H2,1H3,(H,21,23). The molecule has 0 radical (unpaired) electrons. The minimum Gasteiger partial charge on any atom is -0.490 e. The molecule has 0 unspecified atom stereocenters. The minimum absolute atomic E-state index is 0.0202. The lowest BCUT2D eigenvalue weighted by molar-refractivity contribution is -0.135. The molecule has 26 heavy (non-hydrogen) atoms. The zero-order valence-electron chi connectivity index (χ0n) is 15.1. The first kappa shape index (κ1) is 19.6. The lowest BCUT2D eigenvalue weighted by Crippen LogP contribution is -2.43. The molecule has 1 aliphatic heterocycles. The molecule has 2 amide bonds. The highest BCUT2D eigenvalue weighted by atomic mass is 16.5. The molecule has 0 aromatic heterocycles. The van der Waals surface area contributed by atoms with Crippen molar-refractivity contribution in [2.24, 2.45) is 5.92 Å². The number of nitriles is 1. The number of nitrogens with one attached hydrogen (secondary N) is 1. The summed E-state index contributed by atoms with van der Waals surface area (Å²) in [6.07, 6.45) is 1.54. The monoisotopic (exact) mass is 359 g/mol. The van der Waals surface area contributed by atoms with Gasteiger partial charge in [0.05, 0.1) is 12.7 Å². The molecule has 0 aliphatic carbocycles. The molecule has 1 aromatic rings. The van der Waals surface area contributed by atoms with Gasteiger partial charge in [-0.15, -0.1) is 0 Å². The summed E-state index contributed by atoms with van der Waals surface area (Å²) in [6, 6.07) is 9.13. The molecule has 1 aliphatic rings. The topological polar surface area (TPSA) is 91.7 Å². The van der Waals surface area contributed by atoms with E-state index in [0.29, 0.717) is 43.7 Å². The number of carbonyl (C=O) groups excluding carboxylic acids is 2. The van der Waals surface area contributed by atoms with Crippen LogP contribution < -0.4 is 14.8 Å². The van der Waals surface area contributed by atoms with Crippen LogP contribution in [0.5, 0.6) is 11.5 Å². The van der Waals surface area contributed by atoms with E-state index in [0.717, 1.165) is 12.8 Å². The van der Waals surface area contributed by atoms with Crippen LogP contribution in [0.3, 0.4) is 0 Å². The molecule has 1 N–H and O–H groups in total. The molecule has 1 fully saturated rings. The maximum Gasteiger partial charge on any atom is 0.260 e. The fourth-order valence-electron chi connectivity index (χ4n) is 2.85. The molecule has 2 rings (SSSR count). The highest BCUT2D eigenvalue weighted by Crippen LogP contribution is 2.26. The number of carbonyl (C=O) groups is 2. The van der Waals surface area contributed by atoms with Gasteiger partial charge < -0.3 is 19.7 Å². The van der Waals surface area contributed by atoms with Crippen LogP contribution in [-0.2, 0) is 9.59 Å². The Kier molecular flexibility index (Phi) is 7.75. The lowest BCUT2D eigenvalue weighted by Gasteiger charge is -2.32. The van der Waals surface area contributed by atoms with Crippen LogP contribution in [0.2, 0.25) is 0 Å². The lowest BCUT2D eigenvalue weighted by atomic mass is 9.96. The smallest absolute Gasteiger partial charge is 0.260 e. The maximum atomic E-state index is 12.4. The molecular weight excluding hydrogens is 334 g/mol. The Morgan fingerprint density at radius 2 is 1.88 bits per heavy atom. The van der Waals surface area contributed by atoms with Crippen molar-refractivity contribution in [2.75, 3.05) is 32.8 Å². The van der Waals surface area contributed by atoms with E-state index >= 15 is 0 Å². The normalized spacial score (nSPS) is 14.4. The Hall–Kier alpha value is -2.75. The molecule has 0 spiro atoms. The SMILES string of the molecule is CCOc1ccccc1OCC(=O)N1CCC(CNC(=O)CC#N)CC1. The Labute approximate surface area is 153 Å². The quantitative estimate of drug-likeness (QED) is 0.763. The van der Waals surface area contributed by atoms with Crippen molar-refractivity contribution < 1.29 is 19.1 Å². The van der Waals surface area contributed by atoms with E-state index in [1.807, 2.05) is 31.2 Å². The average Bonchev–Trinajstić information content (AvgIpc) is 2.66. The third kappa shape index (κ3) is 5.96. The van der Waals surface area contributed by atoms with Gasteiger partial charge >= 0.3 is 0 Å². The van der Waals surface area contributed by atoms with Gasteiger partial charge in [-0.1, -0.05) is 12.1 Å². The Balaban J connectivity index is 1.73. The van der Waals surface area contributed by atoms with Gasteiger partial charge in [0.15, 0.2) is 18.1 Å². The number of rotatable bonds is 8. The van der Waals surface area contributed by atoms with E-state index in [4.69, 9.17) is 14.7 Å². The number of hydrogen-bond donors (Lipinski definition) is 1. The van der Waals surface area contributed by atoms with E-state index in [-0.39, 0.29) is 24.8 Å². The summed E-state index contributed by atoms with van der Waals surface area (Å²) >= 11 is 0. The van der Waals surface area contributed by atoms with Gasteiger partial charge in [0, 0.05) is 19.6 Å². The Bertz CT molecular complexity index is 648. The average molecular weight is 359 g/mol. The van der Waals surface area contributed by atoms with E-state index in [1.54, 1.807) is 11.0 Å². The Morgan fingerprint density at radius 1 is 1.23 bits per heavy atom. The molecule has 0 atom stereocenters. The second kappa shape index (κ2) is 10.3. The van der Waals surface area contributed by atoms with Gasteiger partial charge in [0.2, 0.25) is 5.91 Å². The van der Waals surface area contributed by atoms with E-state index < -0.39 is 0 Å². The summed E-state index contributed by atoms with van der Waals surface area (Å²) in [5.41, 5.74) is 0. The number of para-hydroxylation sites is 2. The molecule has 1 saturated heterocycles. The second-order valence-electron chi connectivity index (χ2n) is 6.13. The minimum atomic E-state index is -0.243.